The minimum atomic E-state index is -0.903. The summed E-state index contributed by atoms with van der Waals surface area (Å²) in [5.74, 6) is -1.46. The second-order valence-corrected chi connectivity index (χ2v) is 10.8. The fraction of sp³-hybridized carbons (Fsp3) is 0.303. The van der Waals surface area contributed by atoms with Gasteiger partial charge in [-0.3, -0.25) is 19.6 Å². The van der Waals surface area contributed by atoms with Gasteiger partial charge in [0.25, 0.3) is 0 Å². The van der Waals surface area contributed by atoms with Gasteiger partial charge in [-0.25, -0.2) is 5.48 Å². The van der Waals surface area contributed by atoms with Crippen LogP contribution in [0.25, 0.3) is 10.9 Å². The first-order valence-electron chi connectivity index (χ1n) is 14.6. The predicted octanol–water partition coefficient (Wildman–Crippen LogP) is 3.26. The van der Waals surface area contributed by atoms with E-state index in [1.165, 1.54) is 0 Å². The van der Waals surface area contributed by atoms with Crippen LogP contribution in [0.5, 0.6) is 5.75 Å². The molecule has 9 N–H and O–H groups in total. The Morgan fingerprint density at radius 1 is 0.932 bits per heavy atom. The molecule has 11 heteroatoms. The van der Waals surface area contributed by atoms with Gasteiger partial charge in [0.2, 0.25) is 17.7 Å². The molecule has 0 unspecified atom stereocenters. The summed E-state index contributed by atoms with van der Waals surface area (Å²) in [6.07, 6.45) is 4.06. The van der Waals surface area contributed by atoms with Crippen molar-refractivity contribution in [3.05, 3.63) is 89.6 Å². The highest BCUT2D eigenvalue weighted by Crippen LogP contribution is 2.21. The first-order valence-corrected chi connectivity index (χ1v) is 14.6. The van der Waals surface area contributed by atoms with E-state index in [2.05, 4.69) is 15.6 Å². The highest BCUT2D eigenvalue weighted by Gasteiger charge is 2.28. The van der Waals surface area contributed by atoms with Gasteiger partial charge in [0.15, 0.2) is 0 Å². The quantitative estimate of drug-likeness (QED) is 0.0620. The fourth-order valence-corrected chi connectivity index (χ4v) is 5.19. The molecule has 0 spiro atoms. The Hall–Kier alpha value is -5.03. The van der Waals surface area contributed by atoms with Crippen LogP contribution in [-0.2, 0) is 33.6 Å². The first kappa shape index (κ1) is 31.9. The number of ether oxygens (including phenoxy) is 1. The van der Waals surface area contributed by atoms with Gasteiger partial charge in [-0.2, -0.15) is 0 Å². The van der Waals surface area contributed by atoms with Crippen LogP contribution in [0.2, 0.25) is 0 Å². The Morgan fingerprint density at radius 2 is 1.68 bits per heavy atom. The number of anilines is 2. The third kappa shape index (κ3) is 8.74. The molecule has 0 aliphatic carbocycles. The molecule has 4 rings (SSSR count). The van der Waals surface area contributed by atoms with Gasteiger partial charge in [-0.05, 0) is 72.7 Å². The Morgan fingerprint density at radius 3 is 2.41 bits per heavy atom. The van der Waals surface area contributed by atoms with E-state index in [1.807, 2.05) is 60.8 Å². The molecule has 44 heavy (non-hydrogen) atoms. The summed E-state index contributed by atoms with van der Waals surface area (Å²) < 4.78 is 5.21. The van der Waals surface area contributed by atoms with Crippen molar-refractivity contribution in [2.24, 2.45) is 5.92 Å². The number of nitrogen functional groups attached to an aromatic ring is 2. The standard InChI is InChI=1S/C33H40N6O5/c1-44-25-12-9-21(10-13-25)5-4-6-23(19-31(40)39-43)32(41)38-30(18-24-20-37-29-8-3-2-7-26(24)29)33(42)36-16-15-22-11-14-27(34)28(35)17-22/h2-3,7-14,17,20,23,30,37,43H,4-6,15-16,18-19,34-35H2,1H3,(H,36,42)(H,38,41)(H,39,40)/t23-,30+/m0/s1. The van der Waals surface area contributed by atoms with E-state index >= 15 is 0 Å². The highest BCUT2D eigenvalue weighted by atomic mass is 16.5. The van der Waals surface area contributed by atoms with Gasteiger partial charge in [-0.1, -0.05) is 36.4 Å². The molecule has 0 aliphatic heterocycles. The number of benzene rings is 3. The van der Waals surface area contributed by atoms with Crippen LogP contribution in [-0.4, -0.2) is 47.6 Å². The molecule has 0 fully saturated rings. The van der Waals surface area contributed by atoms with E-state index in [1.54, 1.807) is 24.7 Å². The Labute approximate surface area is 256 Å². The summed E-state index contributed by atoms with van der Waals surface area (Å²) in [4.78, 5) is 42.4. The third-order valence-electron chi connectivity index (χ3n) is 7.70. The number of aromatic amines is 1. The zero-order valence-corrected chi connectivity index (χ0v) is 24.8. The Balaban J connectivity index is 1.46. The van der Waals surface area contributed by atoms with Crippen LogP contribution >= 0.6 is 0 Å². The van der Waals surface area contributed by atoms with Crippen molar-refractivity contribution < 1.29 is 24.3 Å². The summed E-state index contributed by atoms with van der Waals surface area (Å²) in [6.45, 7) is 0.320. The summed E-state index contributed by atoms with van der Waals surface area (Å²) in [5.41, 5.74) is 18.1. The monoisotopic (exact) mass is 600 g/mol. The number of nitrogens with two attached hydrogens (primary N) is 2. The summed E-state index contributed by atoms with van der Waals surface area (Å²) in [7, 11) is 1.60. The number of H-pyrrole nitrogens is 1. The molecule has 11 nitrogen and oxygen atoms in total. The van der Waals surface area contributed by atoms with Crippen molar-refractivity contribution in [1.82, 2.24) is 21.1 Å². The van der Waals surface area contributed by atoms with E-state index in [0.29, 0.717) is 43.6 Å². The maximum absolute atomic E-state index is 13.6. The lowest BCUT2D eigenvalue weighted by Crippen LogP contribution is -2.50. The lowest BCUT2D eigenvalue weighted by Gasteiger charge is -2.22. The molecule has 0 aliphatic rings. The number of hydroxylamine groups is 1. The maximum Gasteiger partial charge on any atom is 0.244 e. The number of hydrogen-bond donors (Lipinski definition) is 7. The minimum absolute atomic E-state index is 0.217. The van der Waals surface area contributed by atoms with Crippen LogP contribution in [0.3, 0.4) is 0 Å². The Bertz CT molecular complexity index is 1570. The molecule has 0 radical (unpaired) electrons. The van der Waals surface area contributed by atoms with Crippen molar-refractivity contribution in [1.29, 1.82) is 0 Å². The van der Waals surface area contributed by atoms with Crippen LogP contribution in [0.4, 0.5) is 11.4 Å². The normalized spacial score (nSPS) is 12.3. The number of methoxy groups -OCH3 is 1. The molecular formula is C33H40N6O5. The van der Waals surface area contributed by atoms with Gasteiger partial charge < -0.3 is 31.8 Å². The average molecular weight is 601 g/mol. The van der Waals surface area contributed by atoms with Gasteiger partial charge in [-0.15, -0.1) is 0 Å². The molecule has 0 saturated carbocycles. The fourth-order valence-electron chi connectivity index (χ4n) is 5.19. The number of hydrogen-bond acceptors (Lipinski definition) is 7. The van der Waals surface area contributed by atoms with Gasteiger partial charge in [0.1, 0.15) is 11.8 Å². The number of fused-ring (bicyclic) bond motifs is 1. The van der Waals surface area contributed by atoms with Gasteiger partial charge in [0.05, 0.1) is 18.5 Å². The maximum atomic E-state index is 13.6. The SMILES string of the molecule is COc1ccc(CCC[C@@H](CC(=O)NO)C(=O)N[C@H](Cc2c[nH]c3ccccc23)C(=O)NCCc2ccc(N)c(N)c2)cc1. The summed E-state index contributed by atoms with van der Waals surface area (Å²) >= 11 is 0. The number of carbonyl (C=O) groups is 3. The Kier molecular flexibility index (Phi) is 11.2. The molecule has 3 amide bonds. The second-order valence-electron chi connectivity index (χ2n) is 10.8. The summed E-state index contributed by atoms with van der Waals surface area (Å²) in [6, 6.07) is 19.8. The minimum Gasteiger partial charge on any atom is -0.497 e. The lowest BCUT2D eigenvalue weighted by atomic mass is 9.94. The molecular weight excluding hydrogens is 560 g/mol. The number of aryl methyl sites for hydroxylation is 1. The zero-order chi connectivity index (χ0) is 31.5. The number of para-hydroxylation sites is 1. The van der Waals surface area contributed by atoms with Crippen molar-refractivity contribution in [2.75, 3.05) is 25.1 Å². The smallest absolute Gasteiger partial charge is 0.244 e. The van der Waals surface area contributed by atoms with E-state index < -0.39 is 23.8 Å². The molecule has 1 aromatic heterocycles. The molecule has 232 valence electrons. The van der Waals surface area contributed by atoms with Gasteiger partial charge >= 0.3 is 0 Å². The predicted molar refractivity (Wildman–Crippen MR) is 170 cm³/mol. The lowest BCUT2D eigenvalue weighted by molar-refractivity contribution is -0.136. The number of carbonyl (C=O) groups excluding carboxylic acids is 3. The summed E-state index contributed by atoms with van der Waals surface area (Å²) in [5, 5.41) is 15.9. The third-order valence-corrected chi connectivity index (χ3v) is 7.70. The van der Waals surface area contributed by atoms with Gasteiger partial charge in [0, 0.05) is 42.4 Å². The van der Waals surface area contributed by atoms with E-state index in [0.717, 1.165) is 33.3 Å². The topological polar surface area (TPSA) is 185 Å². The molecule has 3 aromatic carbocycles. The number of aromatic nitrogens is 1. The number of nitrogens with one attached hydrogen (secondary N) is 4. The van der Waals surface area contributed by atoms with Crippen molar-refractivity contribution in [2.45, 2.75) is 44.6 Å². The van der Waals surface area contributed by atoms with E-state index in [4.69, 9.17) is 21.4 Å². The van der Waals surface area contributed by atoms with Crippen molar-refractivity contribution in [3.63, 3.8) is 0 Å². The van der Waals surface area contributed by atoms with Crippen LogP contribution in [0.1, 0.15) is 36.0 Å². The van der Waals surface area contributed by atoms with Crippen LogP contribution in [0.15, 0.2) is 72.9 Å². The molecule has 2 atom stereocenters. The van der Waals surface area contributed by atoms with Crippen LogP contribution in [0, 0.1) is 5.92 Å². The van der Waals surface area contributed by atoms with E-state index in [9.17, 15) is 14.4 Å². The molecule has 0 saturated heterocycles. The largest absolute Gasteiger partial charge is 0.497 e. The second kappa shape index (κ2) is 15.4. The molecule has 1 heterocycles. The first-order chi connectivity index (χ1) is 21.3. The zero-order valence-electron chi connectivity index (χ0n) is 24.8. The van der Waals surface area contributed by atoms with E-state index in [-0.39, 0.29) is 18.7 Å². The number of amides is 3. The van der Waals surface area contributed by atoms with Crippen molar-refractivity contribution >= 4 is 40.0 Å². The van der Waals surface area contributed by atoms with Crippen molar-refractivity contribution in [3.8, 4) is 5.75 Å². The molecule has 0 bridgehead atoms. The number of rotatable bonds is 15. The molecule has 4 aromatic rings. The average Bonchev–Trinajstić information content (AvgIpc) is 3.44. The highest BCUT2D eigenvalue weighted by molar-refractivity contribution is 5.91. The van der Waals surface area contributed by atoms with Crippen LogP contribution < -0.4 is 32.3 Å².